The maximum Gasteiger partial charge on any atom is 0.165 e. The Morgan fingerprint density at radius 2 is 1.70 bits per heavy atom. The molecule has 37 heavy (non-hydrogen) atoms. The molecular formula is C30H27N3O4. The minimum atomic E-state index is 0.0665. The van der Waals surface area contributed by atoms with Crippen LogP contribution in [0.15, 0.2) is 90.1 Å². The zero-order valence-electron chi connectivity index (χ0n) is 20.9. The second-order valence-corrected chi connectivity index (χ2v) is 8.54. The van der Waals surface area contributed by atoms with Crippen LogP contribution in [0, 0.1) is 6.92 Å². The van der Waals surface area contributed by atoms with Gasteiger partial charge in [0, 0.05) is 18.0 Å². The van der Waals surface area contributed by atoms with Crippen molar-refractivity contribution in [3.05, 3.63) is 102 Å². The first-order valence-electron chi connectivity index (χ1n) is 11.8. The second kappa shape index (κ2) is 10.5. The lowest BCUT2D eigenvalue weighted by Gasteiger charge is -2.11. The van der Waals surface area contributed by atoms with E-state index < -0.39 is 0 Å². The number of aromatic hydroxyl groups is 1. The summed E-state index contributed by atoms with van der Waals surface area (Å²) in [6.45, 7) is 2.51. The summed E-state index contributed by atoms with van der Waals surface area (Å²) in [6, 6.07) is 24.9. The molecule has 0 atom stereocenters. The number of nitrogens with zero attached hydrogens (tertiary/aromatic N) is 3. The van der Waals surface area contributed by atoms with E-state index >= 15 is 0 Å². The molecule has 0 aliphatic rings. The van der Waals surface area contributed by atoms with Crippen LogP contribution in [-0.2, 0) is 6.61 Å². The molecule has 7 heteroatoms. The van der Waals surface area contributed by atoms with Gasteiger partial charge in [0.1, 0.15) is 17.9 Å². The number of imidazole rings is 1. The van der Waals surface area contributed by atoms with Gasteiger partial charge in [-0.05, 0) is 66.6 Å². The van der Waals surface area contributed by atoms with Crippen LogP contribution in [0.4, 0.5) is 5.82 Å². The fourth-order valence-electron chi connectivity index (χ4n) is 3.99. The molecule has 0 fully saturated rings. The van der Waals surface area contributed by atoms with Crippen LogP contribution in [0.1, 0.15) is 16.7 Å². The first kappa shape index (κ1) is 23.9. The predicted octanol–water partition coefficient (Wildman–Crippen LogP) is 6.36. The number of aromatic nitrogens is 2. The Bertz CT molecular complexity index is 1570. The van der Waals surface area contributed by atoms with Crippen molar-refractivity contribution in [2.24, 2.45) is 4.99 Å². The van der Waals surface area contributed by atoms with Crippen LogP contribution in [-0.4, -0.2) is 34.9 Å². The standard InChI is InChI=1S/C30H27N3O4/c1-20-7-9-21(10-8-20)19-37-25-14-11-22(16-27(25)36-3)18-31-30-29(32-28-6-4-5-15-33(28)30)23-12-13-24(34)26(17-23)35-2/h4-18,34H,19H2,1-3H3. The molecule has 0 bridgehead atoms. The first-order chi connectivity index (χ1) is 18.1. The monoisotopic (exact) mass is 493 g/mol. The molecule has 0 radical (unpaired) electrons. The van der Waals surface area contributed by atoms with Crippen LogP contribution < -0.4 is 14.2 Å². The van der Waals surface area contributed by atoms with Crippen LogP contribution >= 0.6 is 0 Å². The number of aryl methyl sites for hydroxylation is 1. The third-order valence-corrected chi connectivity index (χ3v) is 6.00. The van der Waals surface area contributed by atoms with Crippen molar-refractivity contribution in [3.63, 3.8) is 0 Å². The van der Waals surface area contributed by atoms with E-state index in [1.807, 2.05) is 47.0 Å². The Hall–Kier alpha value is -4.78. The van der Waals surface area contributed by atoms with Crippen molar-refractivity contribution in [1.82, 2.24) is 9.38 Å². The summed E-state index contributed by atoms with van der Waals surface area (Å²) in [5.74, 6) is 2.37. The fourth-order valence-corrected chi connectivity index (χ4v) is 3.99. The highest BCUT2D eigenvalue weighted by Crippen LogP contribution is 2.36. The van der Waals surface area contributed by atoms with Crippen molar-refractivity contribution >= 4 is 17.7 Å². The van der Waals surface area contributed by atoms with Crippen LogP contribution in [0.25, 0.3) is 16.9 Å². The summed E-state index contributed by atoms with van der Waals surface area (Å²) in [6.07, 6.45) is 3.68. The lowest BCUT2D eigenvalue weighted by Crippen LogP contribution is -1.98. The molecule has 5 rings (SSSR count). The van der Waals surface area contributed by atoms with Crippen LogP contribution in [0.2, 0.25) is 0 Å². The molecule has 0 aliphatic carbocycles. The molecule has 0 saturated heterocycles. The number of hydrogen-bond acceptors (Lipinski definition) is 6. The normalized spacial score (nSPS) is 11.2. The summed E-state index contributed by atoms with van der Waals surface area (Å²) >= 11 is 0. The van der Waals surface area contributed by atoms with Crippen molar-refractivity contribution < 1.29 is 19.3 Å². The molecule has 0 unspecified atom stereocenters. The number of hydrogen-bond donors (Lipinski definition) is 1. The lowest BCUT2D eigenvalue weighted by atomic mass is 10.1. The van der Waals surface area contributed by atoms with Gasteiger partial charge in [-0.3, -0.25) is 4.40 Å². The summed E-state index contributed by atoms with van der Waals surface area (Å²) in [7, 11) is 3.14. The summed E-state index contributed by atoms with van der Waals surface area (Å²) in [4.78, 5) is 9.58. The maximum atomic E-state index is 10.0. The number of phenolic OH excluding ortho intramolecular Hbond substituents is 1. The number of pyridine rings is 1. The number of ether oxygens (including phenoxy) is 3. The van der Waals surface area contributed by atoms with E-state index in [-0.39, 0.29) is 5.75 Å². The van der Waals surface area contributed by atoms with E-state index in [0.29, 0.717) is 35.4 Å². The zero-order valence-corrected chi connectivity index (χ0v) is 20.9. The molecule has 0 aliphatic heterocycles. The summed E-state index contributed by atoms with van der Waals surface area (Å²) < 4.78 is 18.8. The zero-order chi connectivity index (χ0) is 25.8. The van der Waals surface area contributed by atoms with Crippen molar-refractivity contribution in [3.8, 4) is 34.3 Å². The number of fused-ring (bicyclic) bond motifs is 1. The van der Waals surface area contributed by atoms with E-state index in [0.717, 1.165) is 22.3 Å². The van der Waals surface area contributed by atoms with Gasteiger partial charge in [-0.15, -0.1) is 0 Å². The van der Waals surface area contributed by atoms with Gasteiger partial charge in [-0.25, -0.2) is 9.98 Å². The molecule has 2 heterocycles. The third-order valence-electron chi connectivity index (χ3n) is 6.00. The lowest BCUT2D eigenvalue weighted by molar-refractivity contribution is 0.284. The number of methoxy groups -OCH3 is 2. The number of rotatable bonds is 8. The molecule has 3 aromatic carbocycles. The van der Waals surface area contributed by atoms with Gasteiger partial charge >= 0.3 is 0 Å². The van der Waals surface area contributed by atoms with E-state index in [1.54, 1.807) is 31.5 Å². The molecule has 1 N–H and O–H groups in total. The highest BCUT2D eigenvalue weighted by Gasteiger charge is 2.15. The Balaban J connectivity index is 1.45. The van der Waals surface area contributed by atoms with E-state index in [4.69, 9.17) is 24.2 Å². The molecule has 2 aromatic heterocycles. The smallest absolute Gasteiger partial charge is 0.165 e. The van der Waals surface area contributed by atoms with Crippen LogP contribution in [0.3, 0.4) is 0 Å². The van der Waals surface area contributed by atoms with Crippen molar-refractivity contribution in [2.45, 2.75) is 13.5 Å². The number of aliphatic imine (C=N–C) groups is 1. The Morgan fingerprint density at radius 3 is 2.49 bits per heavy atom. The van der Waals surface area contributed by atoms with Crippen molar-refractivity contribution in [2.75, 3.05) is 14.2 Å². The number of phenols is 1. The van der Waals surface area contributed by atoms with E-state index in [1.165, 1.54) is 12.7 Å². The number of benzene rings is 3. The van der Waals surface area contributed by atoms with Crippen molar-refractivity contribution in [1.29, 1.82) is 0 Å². The van der Waals surface area contributed by atoms with Crippen LogP contribution in [0.5, 0.6) is 23.0 Å². The molecule has 0 spiro atoms. The first-order valence-corrected chi connectivity index (χ1v) is 11.8. The SMILES string of the molecule is COc1cc(-c2nc3ccccn3c2N=Cc2ccc(OCc3ccc(C)cc3)c(OC)c2)ccc1O. The minimum absolute atomic E-state index is 0.0665. The molecule has 5 aromatic rings. The fraction of sp³-hybridized carbons (Fsp3) is 0.133. The minimum Gasteiger partial charge on any atom is -0.504 e. The highest BCUT2D eigenvalue weighted by atomic mass is 16.5. The average Bonchev–Trinajstić information content (AvgIpc) is 3.30. The predicted molar refractivity (Wildman–Crippen MR) is 145 cm³/mol. The summed E-state index contributed by atoms with van der Waals surface area (Å²) in [5.41, 5.74) is 5.36. The van der Waals surface area contributed by atoms with E-state index in [2.05, 4.69) is 31.2 Å². The second-order valence-electron chi connectivity index (χ2n) is 8.54. The van der Waals surface area contributed by atoms with Gasteiger partial charge in [0.05, 0.1) is 14.2 Å². The third kappa shape index (κ3) is 5.11. The largest absolute Gasteiger partial charge is 0.504 e. The molecule has 0 saturated carbocycles. The molecule has 0 amide bonds. The Kier molecular flexibility index (Phi) is 6.76. The van der Waals surface area contributed by atoms with E-state index in [9.17, 15) is 5.11 Å². The van der Waals surface area contributed by atoms with Gasteiger partial charge in [0.25, 0.3) is 0 Å². The maximum absolute atomic E-state index is 10.0. The molecule has 7 nitrogen and oxygen atoms in total. The Morgan fingerprint density at radius 1 is 0.892 bits per heavy atom. The highest BCUT2D eigenvalue weighted by molar-refractivity contribution is 5.86. The summed E-state index contributed by atoms with van der Waals surface area (Å²) in [5, 5.41) is 10.0. The quantitative estimate of drug-likeness (QED) is 0.255. The average molecular weight is 494 g/mol. The van der Waals surface area contributed by atoms with Gasteiger partial charge in [-0.1, -0.05) is 35.9 Å². The van der Waals surface area contributed by atoms with Gasteiger partial charge in [-0.2, -0.15) is 0 Å². The van der Waals surface area contributed by atoms with Gasteiger partial charge < -0.3 is 19.3 Å². The van der Waals surface area contributed by atoms with Gasteiger partial charge in [0.2, 0.25) is 0 Å². The van der Waals surface area contributed by atoms with Gasteiger partial charge in [0.15, 0.2) is 28.8 Å². The Labute approximate surface area is 215 Å². The molecular weight excluding hydrogens is 466 g/mol. The topological polar surface area (TPSA) is 77.6 Å². The molecule has 186 valence electrons.